The molecule has 4 nitrogen and oxygen atoms in total. The molecule has 0 aromatic heterocycles. The quantitative estimate of drug-likeness (QED) is 0.625. The topological polar surface area (TPSA) is 38.7 Å². The molecule has 1 rings (SSSR count). The summed E-state index contributed by atoms with van der Waals surface area (Å²) >= 11 is 0. The Hall–Kier alpha value is -0.160. The zero-order valence-corrected chi connectivity index (χ0v) is 8.82. The van der Waals surface area contributed by atoms with Gasteiger partial charge < -0.3 is 10.0 Å². The maximum atomic E-state index is 9.30. The number of hydrogen-bond acceptors (Lipinski definition) is 4. The van der Waals surface area contributed by atoms with Crippen molar-refractivity contribution in [2.75, 3.05) is 33.2 Å². The fourth-order valence-corrected chi connectivity index (χ4v) is 1.33. The summed E-state index contributed by atoms with van der Waals surface area (Å²) in [6, 6.07) is 0.142. The lowest BCUT2D eigenvalue weighted by atomic mass is 10.2. The van der Waals surface area contributed by atoms with Crippen LogP contribution in [0.2, 0.25) is 0 Å². The number of piperazine rings is 1. The van der Waals surface area contributed by atoms with Gasteiger partial charge in [-0.1, -0.05) is 0 Å². The number of nitrogens with zero attached hydrogens (tertiary/aromatic N) is 2. The molecule has 13 heavy (non-hydrogen) atoms. The molecule has 0 aliphatic carbocycles. The standard InChI is InChI=1S/C9H21N3O/c1-8(9(2)13)10-12-6-4-11(3)5-7-12/h8-10,13H,4-7H2,1-3H3. The number of nitrogens with one attached hydrogen (secondary N) is 1. The van der Waals surface area contributed by atoms with Crippen LogP contribution in [0.5, 0.6) is 0 Å². The number of likely N-dealkylation sites (N-methyl/N-ethyl adjacent to an activating group) is 1. The molecule has 1 fully saturated rings. The molecule has 2 unspecified atom stereocenters. The lowest BCUT2D eigenvalue weighted by molar-refractivity contribution is 0.0507. The van der Waals surface area contributed by atoms with Crippen molar-refractivity contribution in [1.82, 2.24) is 15.3 Å². The molecule has 78 valence electrons. The third-order valence-corrected chi connectivity index (χ3v) is 2.61. The zero-order chi connectivity index (χ0) is 9.84. The summed E-state index contributed by atoms with van der Waals surface area (Å²) in [5.41, 5.74) is 3.30. The van der Waals surface area contributed by atoms with E-state index in [2.05, 4.69) is 22.4 Å². The average Bonchev–Trinajstić information content (AvgIpc) is 2.08. The molecule has 0 aromatic rings. The van der Waals surface area contributed by atoms with Gasteiger partial charge in [0, 0.05) is 32.2 Å². The molecule has 0 saturated carbocycles. The van der Waals surface area contributed by atoms with E-state index in [-0.39, 0.29) is 12.1 Å². The van der Waals surface area contributed by atoms with Crippen LogP contribution in [0.3, 0.4) is 0 Å². The number of rotatable bonds is 3. The van der Waals surface area contributed by atoms with Gasteiger partial charge in [-0.2, -0.15) is 0 Å². The van der Waals surface area contributed by atoms with Crippen LogP contribution in [0, 0.1) is 0 Å². The Bertz CT molecular complexity index is 144. The molecule has 0 amide bonds. The molecule has 0 bridgehead atoms. The first-order valence-corrected chi connectivity index (χ1v) is 4.97. The maximum Gasteiger partial charge on any atom is 0.0676 e. The highest BCUT2D eigenvalue weighted by Gasteiger charge is 2.17. The van der Waals surface area contributed by atoms with Crippen LogP contribution >= 0.6 is 0 Å². The van der Waals surface area contributed by atoms with Crippen molar-refractivity contribution in [2.45, 2.75) is 26.0 Å². The molecule has 1 aliphatic rings. The van der Waals surface area contributed by atoms with E-state index in [4.69, 9.17) is 0 Å². The number of aliphatic hydroxyl groups is 1. The second-order valence-electron chi connectivity index (χ2n) is 3.95. The fourth-order valence-electron chi connectivity index (χ4n) is 1.33. The molecule has 1 aliphatic heterocycles. The Morgan fingerprint density at radius 1 is 1.15 bits per heavy atom. The van der Waals surface area contributed by atoms with Crippen molar-refractivity contribution >= 4 is 0 Å². The van der Waals surface area contributed by atoms with Crippen LogP contribution < -0.4 is 5.43 Å². The first-order valence-electron chi connectivity index (χ1n) is 4.97. The smallest absolute Gasteiger partial charge is 0.0676 e. The van der Waals surface area contributed by atoms with Gasteiger partial charge in [0.1, 0.15) is 0 Å². The fraction of sp³-hybridized carbons (Fsp3) is 1.00. The first kappa shape index (κ1) is 10.9. The summed E-state index contributed by atoms with van der Waals surface area (Å²) in [6.45, 7) is 8.08. The van der Waals surface area contributed by atoms with Crippen LogP contribution in [0.1, 0.15) is 13.8 Å². The second kappa shape index (κ2) is 4.91. The van der Waals surface area contributed by atoms with Gasteiger partial charge in [0.05, 0.1) is 6.10 Å². The minimum atomic E-state index is -0.292. The molecule has 4 heteroatoms. The van der Waals surface area contributed by atoms with Crippen molar-refractivity contribution < 1.29 is 5.11 Å². The number of aliphatic hydroxyl groups excluding tert-OH is 1. The van der Waals surface area contributed by atoms with E-state index in [0.29, 0.717) is 0 Å². The highest BCUT2D eigenvalue weighted by atomic mass is 16.3. The minimum Gasteiger partial charge on any atom is -0.392 e. The summed E-state index contributed by atoms with van der Waals surface area (Å²) in [5, 5.41) is 11.5. The molecular formula is C9H21N3O. The van der Waals surface area contributed by atoms with Gasteiger partial charge in [0.25, 0.3) is 0 Å². The second-order valence-corrected chi connectivity index (χ2v) is 3.95. The van der Waals surface area contributed by atoms with Gasteiger partial charge in [-0.25, -0.2) is 10.4 Å². The zero-order valence-electron chi connectivity index (χ0n) is 8.82. The normalized spacial score (nSPS) is 25.8. The third kappa shape index (κ3) is 3.60. The van der Waals surface area contributed by atoms with E-state index in [0.717, 1.165) is 26.2 Å². The van der Waals surface area contributed by atoms with Crippen LogP contribution in [0.4, 0.5) is 0 Å². The summed E-state index contributed by atoms with van der Waals surface area (Å²) in [4.78, 5) is 2.31. The summed E-state index contributed by atoms with van der Waals surface area (Å²) < 4.78 is 0. The van der Waals surface area contributed by atoms with E-state index >= 15 is 0 Å². The number of hydrazine groups is 1. The Morgan fingerprint density at radius 2 is 1.69 bits per heavy atom. The average molecular weight is 187 g/mol. The van der Waals surface area contributed by atoms with E-state index in [9.17, 15) is 5.11 Å². The van der Waals surface area contributed by atoms with Crippen LogP contribution in [0.25, 0.3) is 0 Å². The predicted molar refractivity (Wildman–Crippen MR) is 53.3 cm³/mol. The van der Waals surface area contributed by atoms with E-state index in [1.807, 2.05) is 13.8 Å². The van der Waals surface area contributed by atoms with Crippen molar-refractivity contribution in [1.29, 1.82) is 0 Å². The van der Waals surface area contributed by atoms with Crippen LogP contribution in [0.15, 0.2) is 0 Å². The van der Waals surface area contributed by atoms with Gasteiger partial charge in [0.15, 0.2) is 0 Å². The Labute approximate surface area is 80.5 Å². The van der Waals surface area contributed by atoms with Crippen molar-refractivity contribution in [3.8, 4) is 0 Å². The van der Waals surface area contributed by atoms with E-state index in [1.54, 1.807) is 0 Å². The molecule has 2 N–H and O–H groups in total. The Morgan fingerprint density at radius 3 is 2.15 bits per heavy atom. The third-order valence-electron chi connectivity index (χ3n) is 2.61. The summed E-state index contributed by atoms with van der Waals surface area (Å²) in [6.07, 6.45) is -0.292. The SMILES string of the molecule is CC(O)C(C)NN1CCN(C)CC1. The highest BCUT2D eigenvalue weighted by molar-refractivity contribution is 4.70. The van der Waals surface area contributed by atoms with E-state index < -0.39 is 0 Å². The van der Waals surface area contributed by atoms with Gasteiger partial charge in [0.2, 0.25) is 0 Å². The molecule has 0 radical (unpaired) electrons. The Balaban J connectivity index is 2.22. The minimum absolute atomic E-state index is 0.142. The molecule has 1 saturated heterocycles. The van der Waals surface area contributed by atoms with Crippen LogP contribution in [-0.4, -0.2) is 60.4 Å². The van der Waals surface area contributed by atoms with Crippen molar-refractivity contribution in [2.24, 2.45) is 0 Å². The lowest BCUT2D eigenvalue weighted by Gasteiger charge is -2.35. The van der Waals surface area contributed by atoms with Gasteiger partial charge >= 0.3 is 0 Å². The lowest BCUT2D eigenvalue weighted by Crippen LogP contribution is -2.55. The largest absolute Gasteiger partial charge is 0.392 e. The van der Waals surface area contributed by atoms with Crippen molar-refractivity contribution in [3.63, 3.8) is 0 Å². The van der Waals surface area contributed by atoms with Gasteiger partial charge in [-0.05, 0) is 20.9 Å². The number of hydrogen-bond donors (Lipinski definition) is 2. The molecule has 0 aromatic carbocycles. The van der Waals surface area contributed by atoms with E-state index in [1.165, 1.54) is 0 Å². The summed E-state index contributed by atoms with van der Waals surface area (Å²) in [5.74, 6) is 0. The maximum absolute atomic E-state index is 9.30. The van der Waals surface area contributed by atoms with Crippen LogP contribution in [-0.2, 0) is 0 Å². The molecule has 1 heterocycles. The van der Waals surface area contributed by atoms with Gasteiger partial charge in [-0.3, -0.25) is 0 Å². The molecule has 0 spiro atoms. The monoisotopic (exact) mass is 187 g/mol. The first-order chi connectivity index (χ1) is 6.09. The highest BCUT2D eigenvalue weighted by Crippen LogP contribution is 1.98. The summed E-state index contributed by atoms with van der Waals surface area (Å²) in [7, 11) is 2.13. The molecular weight excluding hydrogens is 166 g/mol. The molecule has 2 atom stereocenters. The predicted octanol–water partition coefficient (Wildman–Crippen LogP) is -0.492. The van der Waals surface area contributed by atoms with Gasteiger partial charge in [-0.15, -0.1) is 0 Å². The van der Waals surface area contributed by atoms with Crippen molar-refractivity contribution in [3.05, 3.63) is 0 Å². The Kier molecular flexibility index (Phi) is 4.12.